The summed E-state index contributed by atoms with van der Waals surface area (Å²) in [6.45, 7) is 7.33. The van der Waals surface area contributed by atoms with Crippen LogP contribution in [0.25, 0.3) is 0 Å². The molecule has 2 aliphatic heterocycles. The van der Waals surface area contributed by atoms with Crippen molar-refractivity contribution in [3.63, 3.8) is 0 Å². The van der Waals surface area contributed by atoms with Crippen LogP contribution in [0.5, 0.6) is 0 Å². The SMILES string of the molecule is Cc1ccc(Nc2nc(Nc3ccc4c(c3)CCC(N3C5CCC3COC5)CC4)ncc2Cl)c(P(C)(C)=O)c1. The molecule has 3 aromatic rings. The average molecular weight is 566 g/mol. The van der Waals surface area contributed by atoms with Gasteiger partial charge in [0.1, 0.15) is 12.2 Å². The van der Waals surface area contributed by atoms with Gasteiger partial charge in [-0.15, -0.1) is 0 Å². The largest absolute Gasteiger partial charge is 0.378 e. The molecular formula is C30H37ClN5O2P. The van der Waals surface area contributed by atoms with Crippen LogP contribution >= 0.6 is 18.7 Å². The number of anilines is 4. The third-order valence-electron chi connectivity index (χ3n) is 8.41. The van der Waals surface area contributed by atoms with Crippen LogP contribution in [0, 0.1) is 6.92 Å². The Morgan fingerprint density at radius 2 is 1.69 bits per heavy atom. The molecule has 7 nitrogen and oxygen atoms in total. The summed E-state index contributed by atoms with van der Waals surface area (Å²) in [5, 5.41) is 7.86. The summed E-state index contributed by atoms with van der Waals surface area (Å²) in [4.78, 5) is 11.9. The molecule has 3 atom stereocenters. The summed E-state index contributed by atoms with van der Waals surface area (Å²) < 4.78 is 18.8. The van der Waals surface area contributed by atoms with Crippen LogP contribution in [0.2, 0.25) is 5.02 Å². The third-order valence-corrected chi connectivity index (χ3v) is 10.2. The van der Waals surface area contributed by atoms with Crippen molar-refractivity contribution in [1.29, 1.82) is 0 Å². The van der Waals surface area contributed by atoms with Crippen molar-refractivity contribution in [2.45, 2.75) is 63.6 Å². The van der Waals surface area contributed by atoms with E-state index in [1.54, 1.807) is 19.5 Å². The Balaban J connectivity index is 1.18. The zero-order valence-corrected chi connectivity index (χ0v) is 24.6. The second-order valence-electron chi connectivity index (χ2n) is 11.6. The summed E-state index contributed by atoms with van der Waals surface area (Å²) in [5.41, 5.74) is 5.62. The number of fused-ring (bicyclic) bond motifs is 3. The Labute approximate surface area is 236 Å². The van der Waals surface area contributed by atoms with Crippen molar-refractivity contribution < 1.29 is 9.30 Å². The van der Waals surface area contributed by atoms with E-state index < -0.39 is 7.14 Å². The van der Waals surface area contributed by atoms with Crippen molar-refractivity contribution in [3.8, 4) is 0 Å². The van der Waals surface area contributed by atoms with E-state index in [4.69, 9.17) is 16.3 Å². The van der Waals surface area contributed by atoms with Gasteiger partial charge in [-0.1, -0.05) is 29.3 Å². The van der Waals surface area contributed by atoms with Gasteiger partial charge in [0.25, 0.3) is 0 Å². The smallest absolute Gasteiger partial charge is 0.229 e. The number of ether oxygens (including phenoxy) is 1. The Hall–Kier alpha value is -2.44. The first-order chi connectivity index (χ1) is 18.7. The molecule has 3 unspecified atom stereocenters. The number of halogens is 1. The summed E-state index contributed by atoms with van der Waals surface area (Å²) in [6.07, 6.45) is 8.74. The van der Waals surface area contributed by atoms with Crippen LogP contribution < -0.4 is 15.9 Å². The number of rotatable bonds is 6. The first-order valence-corrected chi connectivity index (χ1v) is 16.9. The van der Waals surface area contributed by atoms with E-state index in [0.29, 0.717) is 34.9 Å². The third kappa shape index (κ3) is 5.74. The van der Waals surface area contributed by atoms with Crippen LogP contribution in [0.1, 0.15) is 42.4 Å². The zero-order valence-electron chi connectivity index (χ0n) is 22.9. The van der Waals surface area contributed by atoms with E-state index >= 15 is 0 Å². The highest BCUT2D eigenvalue weighted by atomic mass is 35.5. The molecular weight excluding hydrogens is 529 g/mol. The van der Waals surface area contributed by atoms with Crippen molar-refractivity contribution >= 4 is 47.2 Å². The predicted molar refractivity (Wildman–Crippen MR) is 160 cm³/mol. The number of hydrogen-bond donors (Lipinski definition) is 2. The summed E-state index contributed by atoms with van der Waals surface area (Å²) in [6, 6.07) is 14.3. The molecule has 0 amide bonds. The molecule has 0 radical (unpaired) electrons. The van der Waals surface area contributed by atoms with Crippen LogP contribution in [0.3, 0.4) is 0 Å². The lowest BCUT2D eigenvalue weighted by molar-refractivity contribution is -0.0389. The fourth-order valence-corrected chi connectivity index (χ4v) is 7.85. The van der Waals surface area contributed by atoms with E-state index in [0.717, 1.165) is 48.3 Å². The van der Waals surface area contributed by atoms with Crippen molar-refractivity contribution in [3.05, 3.63) is 64.3 Å². The number of aryl methyl sites for hydroxylation is 3. The monoisotopic (exact) mass is 565 g/mol. The van der Waals surface area contributed by atoms with Gasteiger partial charge in [-0.3, -0.25) is 4.90 Å². The predicted octanol–water partition coefficient (Wildman–Crippen LogP) is 6.28. The highest BCUT2D eigenvalue weighted by molar-refractivity contribution is 7.70. The Bertz CT molecular complexity index is 1410. The fraction of sp³-hybridized carbons (Fsp3) is 0.467. The summed E-state index contributed by atoms with van der Waals surface area (Å²) in [7, 11) is -2.51. The number of benzene rings is 2. The topological polar surface area (TPSA) is 79.4 Å². The average Bonchev–Trinajstić information content (AvgIpc) is 3.05. The maximum Gasteiger partial charge on any atom is 0.229 e. The minimum atomic E-state index is -2.51. The molecule has 2 bridgehead atoms. The lowest BCUT2D eigenvalue weighted by atomic mass is 10.0. The molecule has 0 spiro atoms. The maximum atomic E-state index is 12.9. The van der Waals surface area contributed by atoms with E-state index in [2.05, 4.69) is 43.7 Å². The minimum Gasteiger partial charge on any atom is -0.378 e. The first-order valence-electron chi connectivity index (χ1n) is 13.9. The van der Waals surface area contributed by atoms with Crippen LogP contribution in [-0.2, 0) is 22.1 Å². The Kier molecular flexibility index (Phi) is 7.45. The molecule has 0 saturated carbocycles. The molecule has 1 aromatic heterocycles. The van der Waals surface area contributed by atoms with E-state index in [-0.39, 0.29) is 0 Å². The normalized spacial score (nSPS) is 23.2. The maximum absolute atomic E-state index is 12.9. The lowest BCUT2D eigenvalue weighted by Gasteiger charge is -2.40. The molecule has 2 fully saturated rings. The first kappa shape index (κ1) is 26.8. The van der Waals surface area contributed by atoms with Gasteiger partial charge in [0.15, 0.2) is 5.82 Å². The van der Waals surface area contributed by atoms with Gasteiger partial charge in [-0.05, 0) is 94.2 Å². The quantitative estimate of drug-likeness (QED) is 0.269. The molecule has 9 heteroatoms. The lowest BCUT2D eigenvalue weighted by Crippen LogP contribution is -2.51. The van der Waals surface area contributed by atoms with Crippen molar-refractivity contribution in [1.82, 2.24) is 14.9 Å². The van der Waals surface area contributed by atoms with Gasteiger partial charge >= 0.3 is 0 Å². The molecule has 3 heterocycles. The summed E-state index contributed by atoms with van der Waals surface area (Å²) >= 11 is 6.47. The number of nitrogens with one attached hydrogen (secondary N) is 2. The number of aromatic nitrogens is 2. The highest BCUT2D eigenvalue weighted by Gasteiger charge is 2.41. The standard InChI is InChI=1S/C30H37ClN5O2P/c1-19-4-13-27(28(14-19)39(2,3)37)34-29-26(31)16-32-30(35-29)33-22-8-5-20-6-9-23(10-7-21(20)15-22)36-24-11-12-25(36)18-38-17-24/h4-5,8,13-16,23-25H,6-7,9-12,17-18H2,1-3H3,(H2,32,33,34,35). The second-order valence-corrected chi connectivity index (χ2v) is 15.2. The second kappa shape index (κ2) is 10.9. The molecule has 2 saturated heterocycles. The van der Waals surface area contributed by atoms with Gasteiger partial charge in [-0.25, -0.2) is 4.98 Å². The van der Waals surface area contributed by atoms with Crippen LogP contribution in [0.15, 0.2) is 42.6 Å². The fourth-order valence-electron chi connectivity index (χ4n) is 6.49. The van der Waals surface area contributed by atoms with Crippen LogP contribution in [0.4, 0.5) is 23.1 Å². The van der Waals surface area contributed by atoms with Crippen molar-refractivity contribution in [2.75, 3.05) is 37.2 Å². The van der Waals surface area contributed by atoms with Crippen LogP contribution in [-0.4, -0.2) is 59.5 Å². The molecule has 2 N–H and O–H groups in total. The Morgan fingerprint density at radius 1 is 0.949 bits per heavy atom. The number of hydrogen-bond acceptors (Lipinski definition) is 7. The zero-order chi connectivity index (χ0) is 27.1. The van der Waals surface area contributed by atoms with Gasteiger partial charge in [0.05, 0.1) is 25.1 Å². The molecule has 6 rings (SSSR count). The number of nitrogens with zero attached hydrogens (tertiary/aromatic N) is 3. The Morgan fingerprint density at radius 3 is 2.44 bits per heavy atom. The van der Waals surface area contributed by atoms with Gasteiger partial charge in [0.2, 0.25) is 5.95 Å². The molecule has 1 aliphatic carbocycles. The highest BCUT2D eigenvalue weighted by Crippen LogP contribution is 2.39. The van der Waals surface area contributed by atoms with Gasteiger partial charge in [-0.2, -0.15) is 4.98 Å². The minimum absolute atomic E-state index is 0.402. The summed E-state index contributed by atoms with van der Waals surface area (Å²) in [5.74, 6) is 0.938. The van der Waals surface area contributed by atoms with E-state index in [1.807, 2.05) is 25.1 Å². The molecule has 3 aliphatic rings. The van der Waals surface area contributed by atoms with E-state index in [1.165, 1.54) is 36.8 Å². The molecule has 206 valence electrons. The molecule has 39 heavy (non-hydrogen) atoms. The number of morpholine rings is 1. The van der Waals surface area contributed by atoms with E-state index in [9.17, 15) is 4.57 Å². The van der Waals surface area contributed by atoms with Gasteiger partial charge < -0.3 is 19.9 Å². The molecule has 2 aromatic carbocycles. The van der Waals surface area contributed by atoms with Crippen molar-refractivity contribution in [2.24, 2.45) is 0 Å². The van der Waals surface area contributed by atoms with Gasteiger partial charge in [0, 0.05) is 29.1 Å².